The lowest BCUT2D eigenvalue weighted by atomic mass is 9.96. The highest BCUT2D eigenvalue weighted by Gasteiger charge is 2.28. The molecule has 192 valence electrons. The minimum Gasteiger partial charge on any atom is -0.504 e. The van der Waals surface area contributed by atoms with Crippen molar-refractivity contribution in [1.82, 2.24) is 14.3 Å². The number of ketones is 1. The van der Waals surface area contributed by atoms with Gasteiger partial charge in [-0.1, -0.05) is 50.2 Å². The van der Waals surface area contributed by atoms with E-state index in [9.17, 15) is 18.3 Å². The SMILES string of the molecule is CC.Cc1nc(C(=O)c2cc(Cc3ccccc3)cc(CN3CCCS3(=O)=O)c2)c(O)c2ncccc12. The van der Waals surface area contributed by atoms with Crippen molar-refractivity contribution in [2.24, 2.45) is 0 Å². The zero-order chi connectivity index (χ0) is 26.6. The monoisotopic (exact) mass is 517 g/mol. The van der Waals surface area contributed by atoms with Crippen LogP contribution in [0.3, 0.4) is 0 Å². The first kappa shape index (κ1) is 26.4. The van der Waals surface area contributed by atoms with Crippen LogP contribution in [0.15, 0.2) is 66.9 Å². The van der Waals surface area contributed by atoms with Gasteiger partial charge in [-0.3, -0.25) is 9.78 Å². The highest BCUT2D eigenvalue weighted by atomic mass is 32.2. The second-order valence-corrected chi connectivity index (χ2v) is 10.9. The van der Waals surface area contributed by atoms with E-state index in [1.54, 1.807) is 37.4 Å². The number of carbonyl (C=O) groups is 1. The van der Waals surface area contributed by atoms with Crippen molar-refractivity contribution in [2.45, 2.75) is 40.2 Å². The number of nitrogens with zero attached hydrogens (tertiary/aromatic N) is 3. The summed E-state index contributed by atoms with van der Waals surface area (Å²) in [6, 6.07) is 18.8. The highest BCUT2D eigenvalue weighted by molar-refractivity contribution is 7.89. The molecule has 0 radical (unpaired) electrons. The van der Waals surface area contributed by atoms with E-state index in [1.807, 2.05) is 50.2 Å². The summed E-state index contributed by atoms with van der Waals surface area (Å²) in [5.74, 6) is -0.546. The van der Waals surface area contributed by atoms with Crippen molar-refractivity contribution >= 4 is 26.7 Å². The van der Waals surface area contributed by atoms with Crippen molar-refractivity contribution in [3.8, 4) is 5.75 Å². The highest BCUT2D eigenvalue weighted by Crippen LogP contribution is 2.30. The summed E-state index contributed by atoms with van der Waals surface area (Å²) >= 11 is 0. The molecular weight excluding hydrogens is 486 g/mol. The smallest absolute Gasteiger partial charge is 0.215 e. The number of aromatic hydroxyl groups is 1. The molecular formula is C29H31N3O4S. The first-order valence-corrected chi connectivity index (χ1v) is 14.1. The Kier molecular flexibility index (Phi) is 8.00. The molecule has 0 spiro atoms. The number of rotatable bonds is 6. The Balaban J connectivity index is 0.00000156. The van der Waals surface area contributed by atoms with Gasteiger partial charge in [0.15, 0.2) is 11.4 Å². The Morgan fingerprint density at radius 3 is 2.43 bits per heavy atom. The molecule has 3 heterocycles. The van der Waals surface area contributed by atoms with Crippen LogP contribution >= 0.6 is 0 Å². The van der Waals surface area contributed by atoms with E-state index in [0.717, 1.165) is 16.7 Å². The van der Waals surface area contributed by atoms with Crippen LogP contribution in [-0.4, -0.2) is 45.9 Å². The van der Waals surface area contributed by atoms with Crippen molar-refractivity contribution in [2.75, 3.05) is 12.3 Å². The van der Waals surface area contributed by atoms with E-state index >= 15 is 0 Å². The number of hydrogen-bond donors (Lipinski definition) is 1. The zero-order valence-electron chi connectivity index (χ0n) is 21.3. The van der Waals surface area contributed by atoms with Crippen LogP contribution in [0.5, 0.6) is 5.75 Å². The van der Waals surface area contributed by atoms with Gasteiger partial charge in [-0.05, 0) is 60.7 Å². The van der Waals surface area contributed by atoms with Crippen LogP contribution in [0.2, 0.25) is 0 Å². The number of sulfonamides is 1. The minimum absolute atomic E-state index is 0.0645. The third kappa shape index (κ3) is 5.70. The number of pyridine rings is 2. The molecule has 1 N–H and O–H groups in total. The molecule has 2 aromatic carbocycles. The standard InChI is InChI=1S/C27H25N3O4S.C2H6/c1-18-23-9-5-10-28-24(23)27(32)25(29-18)26(31)22-15-20(13-19-7-3-2-4-8-19)14-21(16-22)17-30-11-6-12-35(30,33)34;1-2/h2-5,7-10,14-16,32H,6,11-13,17H2,1H3;1-2H3. The fourth-order valence-electron chi connectivity index (χ4n) is 4.57. The van der Waals surface area contributed by atoms with Gasteiger partial charge in [0.25, 0.3) is 0 Å². The Morgan fingerprint density at radius 1 is 1.00 bits per heavy atom. The van der Waals surface area contributed by atoms with Gasteiger partial charge in [-0.2, -0.15) is 4.31 Å². The van der Waals surface area contributed by atoms with Gasteiger partial charge in [0.05, 0.1) is 5.75 Å². The van der Waals surface area contributed by atoms with Crippen molar-refractivity contribution < 1.29 is 18.3 Å². The third-order valence-electron chi connectivity index (χ3n) is 6.27. The third-order valence-corrected chi connectivity index (χ3v) is 8.17. The van der Waals surface area contributed by atoms with Gasteiger partial charge in [0.1, 0.15) is 5.52 Å². The minimum atomic E-state index is -3.29. The maximum atomic E-state index is 13.6. The molecule has 1 fully saturated rings. The first-order valence-electron chi connectivity index (χ1n) is 12.5. The fraction of sp³-hybridized carbons (Fsp3) is 0.276. The quantitative estimate of drug-likeness (QED) is 0.360. The largest absolute Gasteiger partial charge is 0.504 e. The normalized spacial score (nSPS) is 14.8. The van der Waals surface area contributed by atoms with E-state index in [4.69, 9.17) is 0 Å². The van der Waals surface area contributed by atoms with Gasteiger partial charge in [0.2, 0.25) is 15.8 Å². The molecule has 1 saturated heterocycles. The zero-order valence-corrected chi connectivity index (χ0v) is 22.1. The van der Waals surface area contributed by atoms with Crippen LogP contribution in [0.25, 0.3) is 10.9 Å². The Bertz CT molecular complexity index is 1540. The predicted octanol–water partition coefficient (Wildman–Crippen LogP) is 5.03. The summed E-state index contributed by atoms with van der Waals surface area (Å²) in [5.41, 5.74) is 3.88. The molecule has 1 aliphatic heterocycles. The van der Waals surface area contributed by atoms with Gasteiger partial charge in [-0.15, -0.1) is 0 Å². The maximum Gasteiger partial charge on any atom is 0.215 e. The topological polar surface area (TPSA) is 100 Å². The summed E-state index contributed by atoms with van der Waals surface area (Å²) in [6.45, 7) is 6.44. The molecule has 0 aliphatic carbocycles. The summed E-state index contributed by atoms with van der Waals surface area (Å²) in [4.78, 5) is 22.2. The number of hydrogen-bond acceptors (Lipinski definition) is 6. The van der Waals surface area contributed by atoms with Gasteiger partial charge in [-0.25, -0.2) is 13.4 Å². The van der Waals surface area contributed by atoms with Crippen LogP contribution in [0, 0.1) is 6.92 Å². The molecule has 0 atom stereocenters. The Labute approximate surface area is 217 Å². The molecule has 0 amide bonds. The lowest BCUT2D eigenvalue weighted by Gasteiger charge is -2.16. The van der Waals surface area contributed by atoms with Gasteiger partial charge >= 0.3 is 0 Å². The number of aryl methyl sites for hydroxylation is 1. The maximum absolute atomic E-state index is 13.6. The van der Waals surface area contributed by atoms with Crippen molar-refractivity contribution in [3.63, 3.8) is 0 Å². The van der Waals surface area contributed by atoms with Gasteiger partial charge in [0, 0.05) is 35.9 Å². The number of carbonyl (C=O) groups excluding carboxylic acids is 1. The van der Waals surface area contributed by atoms with Crippen LogP contribution < -0.4 is 0 Å². The average molecular weight is 518 g/mol. The molecule has 0 unspecified atom stereocenters. The first-order chi connectivity index (χ1) is 17.8. The molecule has 7 nitrogen and oxygen atoms in total. The molecule has 37 heavy (non-hydrogen) atoms. The molecule has 4 aromatic rings. The van der Waals surface area contributed by atoms with Gasteiger partial charge < -0.3 is 5.11 Å². The number of aromatic nitrogens is 2. The van der Waals surface area contributed by atoms with E-state index in [-0.39, 0.29) is 23.7 Å². The molecule has 0 bridgehead atoms. The van der Waals surface area contributed by atoms with Crippen LogP contribution in [0.1, 0.15) is 58.7 Å². The lowest BCUT2D eigenvalue weighted by Crippen LogP contribution is -2.25. The molecule has 2 aromatic heterocycles. The number of benzene rings is 2. The second kappa shape index (κ2) is 11.2. The van der Waals surface area contributed by atoms with Crippen LogP contribution in [-0.2, 0) is 23.0 Å². The second-order valence-electron chi connectivity index (χ2n) is 8.83. The number of fused-ring (bicyclic) bond motifs is 1. The van der Waals surface area contributed by atoms with Crippen molar-refractivity contribution in [1.29, 1.82) is 0 Å². The summed E-state index contributed by atoms with van der Waals surface area (Å²) in [6.07, 6.45) is 2.74. The van der Waals surface area contributed by atoms with E-state index in [2.05, 4.69) is 9.97 Å². The van der Waals surface area contributed by atoms with E-state index < -0.39 is 15.8 Å². The predicted molar refractivity (Wildman–Crippen MR) is 145 cm³/mol. The lowest BCUT2D eigenvalue weighted by molar-refractivity contribution is 0.103. The molecule has 1 aliphatic rings. The van der Waals surface area contributed by atoms with Crippen LogP contribution in [0.4, 0.5) is 0 Å². The molecule has 8 heteroatoms. The van der Waals surface area contributed by atoms with E-state index in [1.165, 1.54) is 4.31 Å². The van der Waals surface area contributed by atoms with Crippen molar-refractivity contribution in [3.05, 3.63) is 101 Å². The fourth-order valence-corrected chi connectivity index (χ4v) is 6.07. The molecule has 5 rings (SSSR count). The van der Waals surface area contributed by atoms with E-state index in [0.29, 0.717) is 41.5 Å². The Hall–Kier alpha value is -3.62. The summed E-state index contributed by atoms with van der Waals surface area (Å²) in [7, 11) is -3.29. The summed E-state index contributed by atoms with van der Waals surface area (Å²) in [5, 5.41) is 11.5. The average Bonchev–Trinajstić information content (AvgIpc) is 3.24. The Morgan fingerprint density at radius 2 is 1.73 bits per heavy atom. The summed E-state index contributed by atoms with van der Waals surface area (Å²) < 4.78 is 26.3. The molecule has 0 saturated carbocycles.